The monoisotopic (exact) mass is 426 g/mol. The molecule has 1 aliphatic heterocycles. The number of guanidine groups is 1. The molecule has 0 saturated carbocycles. The minimum Gasteiger partial charge on any atom is -0.354 e. The summed E-state index contributed by atoms with van der Waals surface area (Å²) in [6.07, 6.45) is 4.07. The van der Waals surface area contributed by atoms with Crippen LogP contribution in [0.2, 0.25) is 0 Å². The van der Waals surface area contributed by atoms with E-state index in [-0.39, 0.29) is 0 Å². The van der Waals surface area contributed by atoms with Gasteiger partial charge >= 0.3 is 0 Å². The minimum atomic E-state index is 0.708. The number of thioether (sulfide) groups is 1. The van der Waals surface area contributed by atoms with Gasteiger partial charge in [0, 0.05) is 64.5 Å². The predicted molar refractivity (Wildman–Crippen MR) is 128 cm³/mol. The van der Waals surface area contributed by atoms with Crippen LogP contribution in [0.5, 0.6) is 0 Å². The summed E-state index contributed by atoms with van der Waals surface area (Å²) in [6.45, 7) is 9.21. The predicted octanol–water partition coefficient (Wildman–Crippen LogP) is 3.15. The molecular weight excluding hydrogens is 392 g/mol. The first kappa shape index (κ1) is 22.4. The van der Waals surface area contributed by atoms with E-state index >= 15 is 0 Å². The summed E-state index contributed by atoms with van der Waals surface area (Å²) in [5, 5.41) is 3.45. The van der Waals surface area contributed by atoms with Crippen LogP contribution in [-0.2, 0) is 13.1 Å². The summed E-state index contributed by atoms with van der Waals surface area (Å²) in [6, 6.07) is 13.0. The molecule has 0 aliphatic carbocycles. The van der Waals surface area contributed by atoms with Crippen molar-refractivity contribution in [3.63, 3.8) is 0 Å². The minimum absolute atomic E-state index is 0.708. The van der Waals surface area contributed by atoms with Gasteiger partial charge in [-0.15, -0.1) is 11.8 Å². The molecule has 30 heavy (non-hydrogen) atoms. The van der Waals surface area contributed by atoms with Gasteiger partial charge in [0.25, 0.3) is 0 Å². The number of anilines is 1. The zero-order valence-electron chi connectivity index (χ0n) is 18.6. The van der Waals surface area contributed by atoms with E-state index in [2.05, 4.69) is 81.6 Å². The van der Waals surface area contributed by atoms with Crippen LogP contribution in [0.15, 0.2) is 52.5 Å². The molecule has 6 nitrogen and oxygen atoms in total. The molecule has 1 saturated heterocycles. The van der Waals surface area contributed by atoms with E-state index in [0.29, 0.717) is 6.54 Å². The molecule has 2 aromatic rings. The molecule has 1 aliphatic rings. The van der Waals surface area contributed by atoms with Crippen molar-refractivity contribution in [1.82, 2.24) is 20.1 Å². The Labute approximate surface area is 185 Å². The number of hydrogen-bond donors (Lipinski definition) is 1. The third-order valence-electron chi connectivity index (χ3n) is 5.56. The lowest BCUT2D eigenvalue weighted by Crippen LogP contribution is -2.46. The van der Waals surface area contributed by atoms with E-state index in [1.165, 1.54) is 10.5 Å². The Kier molecular flexibility index (Phi) is 8.39. The molecule has 0 atom stereocenters. The summed E-state index contributed by atoms with van der Waals surface area (Å²) in [7, 11) is 3.89. The molecule has 3 rings (SSSR count). The van der Waals surface area contributed by atoms with E-state index in [4.69, 9.17) is 4.98 Å². The van der Waals surface area contributed by atoms with Gasteiger partial charge in [-0.3, -0.25) is 4.99 Å². The van der Waals surface area contributed by atoms with Gasteiger partial charge in [-0.05, 0) is 42.1 Å². The molecule has 0 radical (unpaired) electrons. The van der Waals surface area contributed by atoms with Crippen molar-refractivity contribution < 1.29 is 0 Å². The molecule has 1 aromatic carbocycles. The zero-order chi connectivity index (χ0) is 21.3. The normalized spacial score (nSPS) is 15.3. The van der Waals surface area contributed by atoms with Gasteiger partial charge in [-0.1, -0.05) is 25.1 Å². The van der Waals surface area contributed by atoms with Crippen LogP contribution in [0.4, 0.5) is 5.82 Å². The highest BCUT2D eigenvalue weighted by Crippen LogP contribution is 2.16. The largest absolute Gasteiger partial charge is 0.354 e. The molecule has 0 bridgehead atoms. The second-order valence-electron chi connectivity index (χ2n) is 7.55. The van der Waals surface area contributed by atoms with E-state index in [9.17, 15) is 0 Å². The van der Waals surface area contributed by atoms with E-state index < -0.39 is 0 Å². The fourth-order valence-corrected chi connectivity index (χ4v) is 4.06. The number of pyridine rings is 1. The summed E-state index contributed by atoms with van der Waals surface area (Å²) < 4.78 is 0. The van der Waals surface area contributed by atoms with E-state index in [1.54, 1.807) is 11.8 Å². The molecule has 0 amide bonds. The Bertz CT molecular complexity index is 797. The molecule has 0 unspecified atom stereocenters. The Balaban J connectivity index is 1.50. The van der Waals surface area contributed by atoms with Gasteiger partial charge in [0.2, 0.25) is 0 Å². The lowest BCUT2D eigenvalue weighted by Gasteiger charge is -2.34. The fraction of sp³-hybridized carbons (Fsp3) is 0.478. The van der Waals surface area contributed by atoms with Crippen molar-refractivity contribution in [2.24, 2.45) is 4.99 Å². The molecule has 1 fully saturated rings. The van der Waals surface area contributed by atoms with Gasteiger partial charge in [0.05, 0.1) is 0 Å². The number of aliphatic imine (C=N–C) groups is 1. The highest BCUT2D eigenvalue weighted by molar-refractivity contribution is 7.98. The van der Waals surface area contributed by atoms with Crippen LogP contribution in [0.25, 0.3) is 0 Å². The lowest BCUT2D eigenvalue weighted by molar-refractivity contribution is 0.270. The third-order valence-corrected chi connectivity index (χ3v) is 6.30. The van der Waals surface area contributed by atoms with Gasteiger partial charge < -0.3 is 20.0 Å². The number of hydrogen-bond acceptors (Lipinski definition) is 5. The number of aromatic nitrogens is 1. The smallest absolute Gasteiger partial charge is 0.193 e. The van der Waals surface area contributed by atoms with Crippen molar-refractivity contribution in [1.29, 1.82) is 0 Å². The SMILES string of the molecule is CCN1CCN(c2ccc(CNC(=NC)N(C)Cc3ccc(SC)cc3)cn2)CC1. The number of likely N-dealkylation sites (N-methyl/N-ethyl adjacent to an activating group) is 1. The molecule has 2 heterocycles. The second kappa shape index (κ2) is 11.2. The van der Waals surface area contributed by atoms with Crippen molar-refractivity contribution in [2.45, 2.75) is 24.9 Å². The first-order valence-electron chi connectivity index (χ1n) is 10.6. The molecule has 7 heteroatoms. The molecule has 0 spiro atoms. The molecule has 1 aromatic heterocycles. The Morgan fingerprint density at radius 3 is 2.37 bits per heavy atom. The Hall–Kier alpha value is -2.25. The van der Waals surface area contributed by atoms with Gasteiger partial charge in [-0.25, -0.2) is 4.98 Å². The second-order valence-corrected chi connectivity index (χ2v) is 8.43. The number of benzene rings is 1. The number of piperazine rings is 1. The number of rotatable bonds is 7. The van der Waals surface area contributed by atoms with E-state index in [1.807, 2.05) is 13.2 Å². The quantitative estimate of drug-likeness (QED) is 0.417. The van der Waals surface area contributed by atoms with Crippen LogP contribution in [0, 0.1) is 0 Å². The number of nitrogens with one attached hydrogen (secondary N) is 1. The van der Waals surface area contributed by atoms with Crippen molar-refractivity contribution >= 4 is 23.5 Å². The van der Waals surface area contributed by atoms with Gasteiger partial charge in [0.15, 0.2) is 5.96 Å². The van der Waals surface area contributed by atoms with Crippen LogP contribution >= 0.6 is 11.8 Å². The third kappa shape index (κ3) is 6.12. The fourth-order valence-electron chi connectivity index (χ4n) is 3.65. The molecular formula is C23H34N6S. The number of nitrogens with zero attached hydrogens (tertiary/aromatic N) is 5. The average molecular weight is 427 g/mol. The highest BCUT2D eigenvalue weighted by atomic mass is 32.2. The first-order chi connectivity index (χ1) is 14.6. The summed E-state index contributed by atoms with van der Waals surface area (Å²) in [5.41, 5.74) is 2.43. The summed E-state index contributed by atoms with van der Waals surface area (Å²) in [5.74, 6) is 1.95. The topological polar surface area (TPSA) is 47.0 Å². The van der Waals surface area contributed by atoms with Crippen LogP contribution in [0.3, 0.4) is 0 Å². The standard InChI is InChI=1S/C23H34N6S/c1-5-28-12-14-29(15-13-28)22-11-8-20(16-25-22)17-26-23(24-2)27(3)18-19-6-9-21(30-4)10-7-19/h6-11,16H,5,12-15,17-18H2,1-4H3,(H,24,26). The van der Waals surface area contributed by atoms with E-state index in [0.717, 1.165) is 56.6 Å². The Morgan fingerprint density at radius 1 is 1.10 bits per heavy atom. The van der Waals surface area contributed by atoms with Gasteiger partial charge in [-0.2, -0.15) is 0 Å². The lowest BCUT2D eigenvalue weighted by atomic mass is 10.2. The maximum Gasteiger partial charge on any atom is 0.193 e. The highest BCUT2D eigenvalue weighted by Gasteiger charge is 2.16. The van der Waals surface area contributed by atoms with Crippen LogP contribution in [0.1, 0.15) is 18.1 Å². The Morgan fingerprint density at radius 2 is 1.80 bits per heavy atom. The van der Waals surface area contributed by atoms with Crippen molar-refractivity contribution in [3.05, 3.63) is 53.7 Å². The maximum atomic E-state index is 4.70. The zero-order valence-corrected chi connectivity index (χ0v) is 19.5. The first-order valence-corrected chi connectivity index (χ1v) is 11.8. The summed E-state index contributed by atoms with van der Waals surface area (Å²) >= 11 is 1.76. The van der Waals surface area contributed by atoms with Crippen molar-refractivity contribution in [2.75, 3.05) is 58.0 Å². The van der Waals surface area contributed by atoms with Crippen LogP contribution in [-0.4, -0.2) is 73.8 Å². The maximum absolute atomic E-state index is 4.70. The van der Waals surface area contributed by atoms with Crippen LogP contribution < -0.4 is 10.2 Å². The van der Waals surface area contributed by atoms with Crippen molar-refractivity contribution in [3.8, 4) is 0 Å². The molecule has 162 valence electrons. The molecule has 1 N–H and O–H groups in total. The van der Waals surface area contributed by atoms with Gasteiger partial charge in [0.1, 0.15) is 5.82 Å². The average Bonchev–Trinajstić information content (AvgIpc) is 2.80. The summed E-state index contributed by atoms with van der Waals surface area (Å²) in [4.78, 5) is 17.4.